The number of aromatic hydroxyl groups is 1. The third kappa shape index (κ3) is 4.69. The van der Waals surface area contributed by atoms with E-state index in [9.17, 15) is 9.90 Å². The second-order valence-electron chi connectivity index (χ2n) is 6.83. The van der Waals surface area contributed by atoms with Crippen LogP contribution in [0.3, 0.4) is 0 Å². The van der Waals surface area contributed by atoms with E-state index in [0.29, 0.717) is 0 Å². The number of rotatable bonds is 3. The topological polar surface area (TPSA) is 75.3 Å². The van der Waals surface area contributed by atoms with Gasteiger partial charge in [0.1, 0.15) is 5.75 Å². The summed E-state index contributed by atoms with van der Waals surface area (Å²) in [5.74, 6) is 4.59. The van der Waals surface area contributed by atoms with Crippen LogP contribution in [0.1, 0.15) is 57.0 Å². The molecule has 0 spiro atoms. The van der Waals surface area contributed by atoms with E-state index in [1.54, 1.807) is 12.1 Å². The third-order valence-electron chi connectivity index (χ3n) is 3.13. The minimum atomic E-state index is -0.481. The van der Waals surface area contributed by atoms with Crippen LogP contribution >= 0.6 is 12.4 Å². The molecule has 0 unspecified atom stereocenters. The second kappa shape index (κ2) is 6.46. The number of carbonyl (C=O) groups excluding carboxylic acids is 1. The fourth-order valence-electron chi connectivity index (χ4n) is 2.64. The lowest BCUT2D eigenvalue weighted by Gasteiger charge is -2.33. The molecule has 5 heteroatoms. The van der Waals surface area contributed by atoms with Gasteiger partial charge >= 0.3 is 0 Å². The molecule has 1 aromatic rings. The molecule has 1 aromatic carbocycles. The largest absolute Gasteiger partial charge is 0.507 e. The number of hydrogen-bond acceptors (Lipinski definition) is 3. The van der Waals surface area contributed by atoms with Gasteiger partial charge in [-0.3, -0.25) is 10.2 Å². The van der Waals surface area contributed by atoms with Gasteiger partial charge in [0, 0.05) is 0 Å². The molecule has 0 aliphatic carbocycles. The van der Waals surface area contributed by atoms with Crippen LogP contribution in [-0.2, 0) is 5.41 Å². The number of nitrogen functional groups attached to an aromatic ring is 1. The number of carbonyl (C=O) groups is 1. The zero-order valence-corrected chi connectivity index (χ0v) is 13.6. The van der Waals surface area contributed by atoms with Crippen molar-refractivity contribution in [1.82, 2.24) is 5.43 Å². The summed E-state index contributed by atoms with van der Waals surface area (Å²) in [5.41, 5.74) is 3.36. The zero-order chi connectivity index (χ0) is 14.8. The van der Waals surface area contributed by atoms with Gasteiger partial charge in [0.25, 0.3) is 5.91 Å². The fraction of sp³-hybridized carbons (Fsp3) is 0.533. The number of benzene rings is 1. The van der Waals surface area contributed by atoms with Crippen molar-refractivity contribution in [3.63, 3.8) is 0 Å². The molecule has 0 aliphatic heterocycles. The molecule has 0 bridgehead atoms. The number of amides is 1. The van der Waals surface area contributed by atoms with Crippen molar-refractivity contribution in [3.05, 3.63) is 29.3 Å². The van der Waals surface area contributed by atoms with Crippen LogP contribution in [0.25, 0.3) is 0 Å². The summed E-state index contributed by atoms with van der Waals surface area (Å²) in [6, 6.07) is 5.11. The number of hydrazine groups is 1. The lowest BCUT2D eigenvalue weighted by atomic mass is 9.72. The van der Waals surface area contributed by atoms with Crippen LogP contribution in [0.5, 0.6) is 5.75 Å². The van der Waals surface area contributed by atoms with Crippen molar-refractivity contribution in [2.45, 2.75) is 46.5 Å². The predicted octanol–water partition coefficient (Wildman–Crippen LogP) is 3.13. The Balaban J connectivity index is 0.00000361. The van der Waals surface area contributed by atoms with Gasteiger partial charge in [-0.1, -0.05) is 40.7 Å². The minimum absolute atomic E-state index is 0. The molecule has 0 aliphatic rings. The van der Waals surface area contributed by atoms with E-state index in [4.69, 9.17) is 5.84 Å². The highest BCUT2D eigenvalue weighted by Crippen LogP contribution is 2.37. The molecule has 1 amide bonds. The Bertz CT molecular complexity index is 479. The first-order valence-electron chi connectivity index (χ1n) is 6.41. The Labute approximate surface area is 127 Å². The summed E-state index contributed by atoms with van der Waals surface area (Å²) >= 11 is 0. The van der Waals surface area contributed by atoms with Crippen LogP contribution in [-0.4, -0.2) is 11.0 Å². The molecule has 114 valence electrons. The molecule has 4 nitrogen and oxygen atoms in total. The molecular weight excluding hydrogens is 276 g/mol. The number of hydrogen-bond donors (Lipinski definition) is 3. The zero-order valence-electron chi connectivity index (χ0n) is 12.8. The Morgan fingerprint density at radius 3 is 2.25 bits per heavy atom. The highest BCUT2D eigenvalue weighted by Gasteiger charge is 2.28. The normalized spacial score (nSPS) is 11.7. The van der Waals surface area contributed by atoms with E-state index >= 15 is 0 Å². The van der Waals surface area contributed by atoms with E-state index in [0.717, 1.165) is 12.0 Å². The lowest BCUT2D eigenvalue weighted by molar-refractivity contribution is 0.0951. The molecule has 1 rings (SSSR count). The summed E-state index contributed by atoms with van der Waals surface area (Å²) in [5, 5.41) is 9.72. The summed E-state index contributed by atoms with van der Waals surface area (Å²) in [6.07, 6.45) is 0.967. The van der Waals surface area contributed by atoms with Gasteiger partial charge < -0.3 is 5.11 Å². The van der Waals surface area contributed by atoms with Gasteiger partial charge in [-0.2, -0.15) is 0 Å². The van der Waals surface area contributed by atoms with Crippen LogP contribution < -0.4 is 11.3 Å². The Morgan fingerprint density at radius 2 is 1.80 bits per heavy atom. The van der Waals surface area contributed by atoms with Crippen molar-refractivity contribution in [3.8, 4) is 5.75 Å². The third-order valence-corrected chi connectivity index (χ3v) is 3.13. The van der Waals surface area contributed by atoms with Crippen LogP contribution in [0.4, 0.5) is 0 Å². The maximum atomic E-state index is 11.6. The second-order valence-corrected chi connectivity index (χ2v) is 6.83. The molecule has 20 heavy (non-hydrogen) atoms. The molecule has 0 heterocycles. The Kier molecular flexibility index (Phi) is 6.05. The summed E-state index contributed by atoms with van der Waals surface area (Å²) < 4.78 is 0. The SMILES string of the molecule is CC(C)(C)CC(C)(C)c1ccc(O)c(C(=O)NN)c1.Cl. The summed E-state index contributed by atoms with van der Waals surface area (Å²) in [4.78, 5) is 11.6. The first kappa shape index (κ1) is 18.7. The van der Waals surface area contributed by atoms with Crippen LogP contribution in [0.15, 0.2) is 18.2 Å². The van der Waals surface area contributed by atoms with Gasteiger partial charge in [-0.05, 0) is 34.9 Å². The maximum absolute atomic E-state index is 11.6. The first-order valence-corrected chi connectivity index (χ1v) is 6.41. The smallest absolute Gasteiger partial charge is 0.268 e. The quantitative estimate of drug-likeness (QED) is 0.456. The predicted molar refractivity (Wildman–Crippen MR) is 84.1 cm³/mol. The number of phenolic OH excluding ortho intramolecular Hbond substituents is 1. The lowest BCUT2D eigenvalue weighted by Crippen LogP contribution is -2.31. The maximum Gasteiger partial charge on any atom is 0.268 e. The average Bonchev–Trinajstić information content (AvgIpc) is 2.25. The minimum Gasteiger partial charge on any atom is -0.507 e. The molecule has 0 fully saturated rings. The van der Waals surface area contributed by atoms with Crippen molar-refractivity contribution in [2.75, 3.05) is 0 Å². The standard InChI is InChI=1S/C15H24N2O2.ClH/c1-14(2,3)9-15(4,5)10-6-7-12(18)11(8-10)13(19)17-16;/h6-8,18H,9,16H2,1-5H3,(H,17,19);1H. The van der Waals surface area contributed by atoms with Gasteiger partial charge in [-0.15, -0.1) is 12.4 Å². The van der Waals surface area contributed by atoms with Crippen molar-refractivity contribution in [1.29, 1.82) is 0 Å². The van der Waals surface area contributed by atoms with Crippen LogP contribution in [0, 0.1) is 5.41 Å². The summed E-state index contributed by atoms with van der Waals surface area (Å²) in [7, 11) is 0. The molecule has 0 saturated carbocycles. The van der Waals surface area contributed by atoms with Crippen molar-refractivity contribution in [2.24, 2.45) is 11.3 Å². The average molecular weight is 301 g/mol. The highest BCUT2D eigenvalue weighted by molar-refractivity contribution is 5.96. The van der Waals surface area contributed by atoms with Gasteiger partial charge in [-0.25, -0.2) is 5.84 Å². The van der Waals surface area contributed by atoms with Gasteiger partial charge in [0.05, 0.1) is 5.56 Å². The fourth-order valence-corrected chi connectivity index (χ4v) is 2.64. The molecule has 0 atom stereocenters. The number of nitrogens with one attached hydrogen (secondary N) is 1. The number of phenols is 1. The van der Waals surface area contributed by atoms with Gasteiger partial charge in [0.2, 0.25) is 0 Å². The Hall–Kier alpha value is -1.26. The first-order chi connectivity index (χ1) is 8.57. The van der Waals surface area contributed by atoms with Crippen LogP contribution in [0.2, 0.25) is 0 Å². The monoisotopic (exact) mass is 300 g/mol. The van der Waals surface area contributed by atoms with Crippen molar-refractivity contribution < 1.29 is 9.90 Å². The molecule has 0 saturated heterocycles. The van der Waals surface area contributed by atoms with E-state index in [1.807, 2.05) is 6.07 Å². The number of nitrogens with two attached hydrogens (primary N) is 1. The summed E-state index contributed by atoms with van der Waals surface area (Å²) in [6.45, 7) is 10.8. The molecule has 0 radical (unpaired) electrons. The molecule has 0 aromatic heterocycles. The van der Waals surface area contributed by atoms with Crippen molar-refractivity contribution >= 4 is 18.3 Å². The Morgan fingerprint density at radius 1 is 1.25 bits per heavy atom. The van der Waals surface area contributed by atoms with Gasteiger partial charge in [0.15, 0.2) is 0 Å². The molecular formula is C15H25ClN2O2. The van der Waals surface area contributed by atoms with E-state index in [1.165, 1.54) is 0 Å². The molecule has 4 N–H and O–H groups in total. The van der Waals surface area contributed by atoms with E-state index in [2.05, 4.69) is 40.0 Å². The van der Waals surface area contributed by atoms with E-state index in [-0.39, 0.29) is 34.5 Å². The highest BCUT2D eigenvalue weighted by atomic mass is 35.5. The number of halogens is 1. The van der Waals surface area contributed by atoms with E-state index < -0.39 is 5.91 Å².